The van der Waals surface area contributed by atoms with E-state index in [4.69, 9.17) is 0 Å². The van der Waals surface area contributed by atoms with Crippen LogP contribution in [0.25, 0.3) is 0 Å². The van der Waals surface area contributed by atoms with E-state index in [0.717, 1.165) is 51.1 Å². The molecule has 1 fully saturated rings. The number of carbonyl (C=O) groups excluding carboxylic acids is 1. The predicted octanol–water partition coefficient (Wildman–Crippen LogP) is 1.03. The highest BCUT2D eigenvalue weighted by Gasteiger charge is 2.28. The van der Waals surface area contributed by atoms with E-state index in [-0.39, 0.29) is 5.92 Å². The van der Waals surface area contributed by atoms with E-state index in [1.54, 1.807) is 11.3 Å². The molecular weight excluding hydrogens is 234 g/mol. The number of nitrogens with one attached hydrogen (secondary N) is 1. The minimum atomic E-state index is 0.233. The number of fused-ring (bicyclic) bond motifs is 1. The molecule has 1 amide bonds. The maximum absolute atomic E-state index is 12.4. The topological polar surface area (TPSA) is 45.2 Å². The lowest BCUT2D eigenvalue weighted by Gasteiger charge is -2.31. The van der Waals surface area contributed by atoms with Gasteiger partial charge in [-0.3, -0.25) is 4.79 Å². The van der Waals surface area contributed by atoms with Crippen LogP contribution in [0.3, 0.4) is 0 Å². The predicted molar refractivity (Wildman–Crippen MR) is 66.8 cm³/mol. The average Bonchev–Trinajstić information content (AvgIpc) is 2.86. The number of piperidine rings is 1. The van der Waals surface area contributed by atoms with Crippen LogP contribution >= 0.6 is 11.3 Å². The van der Waals surface area contributed by atoms with Gasteiger partial charge in [-0.25, -0.2) is 4.98 Å². The smallest absolute Gasteiger partial charge is 0.226 e. The van der Waals surface area contributed by atoms with Gasteiger partial charge in [-0.15, -0.1) is 11.3 Å². The van der Waals surface area contributed by atoms with Crippen molar-refractivity contribution in [2.75, 3.05) is 19.6 Å². The molecule has 0 saturated carbocycles. The van der Waals surface area contributed by atoms with E-state index < -0.39 is 0 Å². The Morgan fingerprint density at radius 1 is 1.47 bits per heavy atom. The van der Waals surface area contributed by atoms with Crippen LogP contribution in [0.2, 0.25) is 0 Å². The molecule has 2 aliphatic heterocycles. The maximum Gasteiger partial charge on any atom is 0.226 e. The van der Waals surface area contributed by atoms with Crippen molar-refractivity contribution >= 4 is 17.2 Å². The number of amides is 1. The van der Waals surface area contributed by atoms with Gasteiger partial charge in [0.1, 0.15) is 0 Å². The molecule has 5 heteroatoms. The highest BCUT2D eigenvalue weighted by atomic mass is 32.1. The highest BCUT2D eigenvalue weighted by molar-refractivity contribution is 7.09. The quantitative estimate of drug-likeness (QED) is 0.811. The third kappa shape index (κ3) is 2.21. The molecule has 92 valence electrons. The van der Waals surface area contributed by atoms with Crippen molar-refractivity contribution < 1.29 is 4.79 Å². The van der Waals surface area contributed by atoms with Crippen molar-refractivity contribution in [3.63, 3.8) is 0 Å². The minimum absolute atomic E-state index is 0.233. The van der Waals surface area contributed by atoms with Crippen LogP contribution in [0.4, 0.5) is 0 Å². The zero-order chi connectivity index (χ0) is 11.7. The Balaban J connectivity index is 1.67. The average molecular weight is 251 g/mol. The van der Waals surface area contributed by atoms with Gasteiger partial charge in [0.05, 0.1) is 17.7 Å². The summed E-state index contributed by atoms with van der Waals surface area (Å²) in [5, 5.41) is 3.30. The fourth-order valence-corrected chi connectivity index (χ4v) is 3.41. The lowest BCUT2D eigenvalue weighted by Crippen LogP contribution is -2.43. The van der Waals surface area contributed by atoms with Crippen LogP contribution in [0.5, 0.6) is 0 Å². The fourth-order valence-electron chi connectivity index (χ4n) is 2.64. The molecule has 3 heterocycles. The van der Waals surface area contributed by atoms with E-state index in [2.05, 4.69) is 10.3 Å². The van der Waals surface area contributed by atoms with Crippen LogP contribution in [0.15, 0.2) is 5.51 Å². The first kappa shape index (κ1) is 11.2. The Morgan fingerprint density at radius 3 is 3.12 bits per heavy atom. The van der Waals surface area contributed by atoms with Gasteiger partial charge in [-0.05, 0) is 25.9 Å². The standard InChI is InChI=1S/C12H17N3OS/c16-12(9-1-4-13-5-2-9)15-6-3-11-10(7-15)14-8-17-11/h8-9,13H,1-7H2. The van der Waals surface area contributed by atoms with Crippen molar-refractivity contribution in [3.05, 3.63) is 16.1 Å². The normalized spacial score (nSPS) is 21.3. The molecule has 0 radical (unpaired) electrons. The van der Waals surface area contributed by atoms with Gasteiger partial charge in [0.25, 0.3) is 0 Å². The summed E-state index contributed by atoms with van der Waals surface area (Å²) in [6.07, 6.45) is 2.95. The van der Waals surface area contributed by atoms with Crippen LogP contribution in [0, 0.1) is 5.92 Å². The zero-order valence-corrected chi connectivity index (χ0v) is 10.6. The Bertz CT molecular complexity index is 412. The summed E-state index contributed by atoms with van der Waals surface area (Å²) in [5.41, 5.74) is 3.01. The summed E-state index contributed by atoms with van der Waals surface area (Å²) in [6.45, 7) is 3.55. The minimum Gasteiger partial charge on any atom is -0.336 e. The molecule has 17 heavy (non-hydrogen) atoms. The molecule has 1 aromatic heterocycles. The van der Waals surface area contributed by atoms with E-state index in [0.29, 0.717) is 5.91 Å². The first-order chi connectivity index (χ1) is 8.34. The lowest BCUT2D eigenvalue weighted by atomic mass is 9.96. The SMILES string of the molecule is O=C(C1CCNCC1)N1CCc2scnc2C1. The fraction of sp³-hybridized carbons (Fsp3) is 0.667. The second kappa shape index (κ2) is 4.74. The van der Waals surface area contributed by atoms with Crippen molar-refractivity contribution in [3.8, 4) is 0 Å². The molecule has 0 bridgehead atoms. The third-order valence-electron chi connectivity index (χ3n) is 3.67. The molecule has 1 N–H and O–H groups in total. The van der Waals surface area contributed by atoms with E-state index in [1.165, 1.54) is 4.88 Å². The number of carbonyl (C=O) groups is 1. The maximum atomic E-state index is 12.4. The second-order valence-corrected chi connectivity index (χ2v) is 5.70. The lowest BCUT2D eigenvalue weighted by molar-refractivity contribution is -0.137. The highest BCUT2D eigenvalue weighted by Crippen LogP contribution is 2.24. The van der Waals surface area contributed by atoms with E-state index >= 15 is 0 Å². The van der Waals surface area contributed by atoms with Crippen LogP contribution in [0.1, 0.15) is 23.4 Å². The van der Waals surface area contributed by atoms with Crippen molar-refractivity contribution in [2.24, 2.45) is 5.92 Å². The van der Waals surface area contributed by atoms with E-state index in [1.807, 2.05) is 10.4 Å². The van der Waals surface area contributed by atoms with Crippen LogP contribution in [-0.2, 0) is 17.8 Å². The Kier molecular flexibility index (Phi) is 3.11. The summed E-state index contributed by atoms with van der Waals surface area (Å²) in [7, 11) is 0. The van der Waals surface area contributed by atoms with Gasteiger partial charge in [0.2, 0.25) is 5.91 Å². The summed E-state index contributed by atoms with van der Waals surface area (Å²) in [5.74, 6) is 0.571. The summed E-state index contributed by atoms with van der Waals surface area (Å²) in [6, 6.07) is 0. The zero-order valence-electron chi connectivity index (χ0n) is 9.82. The molecule has 0 atom stereocenters. The number of hydrogen-bond acceptors (Lipinski definition) is 4. The van der Waals surface area contributed by atoms with Crippen molar-refractivity contribution in [1.29, 1.82) is 0 Å². The summed E-state index contributed by atoms with van der Waals surface area (Å²) in [4.78, 5) is 20.1. The second-order valence-electron chi connectivity index (χ2n) is 4.76. The van der Waals surface area contributed by atoms with Gasteiger partial charge < -0.3 is 10.2 Å². The molecule has 0 unspecified atom stereocenters. The molecule has 1 aromatic rings. The van der Waals surface area contributed by atoms with Gasteiger partial charge in [-0.1, -0.05) is 0 Å². The Hall–Kier alpha value is -0.940. The van der Waals surface area contributed by atoms with Gasteiger partial charge in [0.15, 0.2) is 0 Å². The number of hydrogen-bond donors (Lipinski definition) is 1. The van der Waals surface area contributed by atoms with Crippen molar-refractivity contribution in [1.82, 2.24) is 15.2 Å². The summed E-state index contributed by atoms with van der Waals surface area (Å²) < 4.78 is 0. The number of thiazole rings is 1. The first-order valence-corrected chi connectivity index (χ1v) is 7.13. The number of aromatic nitrogens is 1. The molecule has 0 aliphatic carbocycles. The Morgan fingerprint density at radius 2 is 2.29 bits per heavy atom. The van der Waals surface area contributed by atoms with Gasteiger partial charge >= 0.3 is 0 Å². The third-order valence-corrected chi connectivity index (χ3v) is 4.61. The van der Waals surface area contributed by atoms with Gasteiger partial charge in [0, 0.05) is 23.8 Å². The monoisotopic (exact) mass is 251 g/mol. The number of nitrogens with zero attached hydrogens (tertiary/aromatic N) is 2. The van der Waals surface area contributed by atoms with Crippen molar-refractivity contribution in [2.45, 2.75) is 25.8 Å². The molecule has 0 spiro atoms. The Labute approximate surface area is 105 Å². The number of rotatable bonds is 1. The molecule has 1 saturated heterocycles. The molecule has 0 aromatic carbocycles. The molecule has 4 nitrogen and oxygen atoms in total. The van der Waals surface area contributed by atoms with Crippen LogP contribution in [-0.4, -0.2) is 35.4 Å². The molecule has 2 aliphatic rings. The first-order valence-electron chi connectivity index (χ1n) is 6.25. The molecule has 3 rings (SSSR count). The largest absolute Gasteiger partial charge is 0.336 e. The summed E-state index contributed by atoms with van der Waals surface area (Å²) >= 11 is 1.72. The van der Waals surface area contributed by atoms with E-state index in [9.17, 15) is 4.79 Å². The van der Waals surface area contributed by atoms with Crippen LogP contribution < -0.4 is 5.32 Å². The van der Waals surface area contributed by atoms with Gasteiger partial charge in [-0.2, -0.15) is 0 Å². The molecular formula is C12H17N3OS.